The molecule has 0 aromatic rings. The van der Waals surface area contributed by atoms with Crippen LogP contribution in [0.25, 0.3) is 0 Å². The third-order valence-electron chi connectivity index (χ3n) is 2.42. The fourth-order valence-electron chi connectivity index (χ4n) is 1.54. The van der Waals surface area contributed by atoms with Gasteiger partial charge in [0.1, 0.15) is 5.60 Å². The van der Waals surface area contributed by atoms with Gasteiger partial charge in [-0.2, -0.15) is 0 Å². The predicted octanol–water partition coefficient (Wildman–Crippen LogP) is 0.971. The molecule has 0 aliphatic carbocycles. The molecule has 1 aliphatic heterocycles. The standard InChI is InChI=1S/C11H22N2O3/c1-10(2,3)16-9(14)13-5-6-15-11(4,7-12)8-13/h5-8,12H2,1-4H3. The van der Waals surface area contributed by atoms with E-state index in [1.54, 1.807) is 4.90 Å². The molecule has 0 saturated carbocycles. The van der Waals surface area contributed by atoms with Crippen LogP contribution in [-0.2, 0) is 9.47 Å². The molecule has 0 aromatic heterocycles. The lowest BCUT2D eigenvalue weighted by atomic mass is 10.1. The molecule has 1 saturated heterocycles. The van der Waals surface area contributed by atoms with Crippen molar-refractivity contribution >= 4 is 6.09 Å². The normalized spacial score (nSPS) is 26.7. The van der Waals surface area contributed by atoms with E-state index in [1.807, 2.05) is 27.7 Å². The zero-order valence-electron chi connectivity index (χ0n) is 10.6. The highest BCUT2D eigenvalue weighted by Gasteiger charge is 2.34. The van der Waals surface area contributed by atoms with Gasteiger partial charge in [0, 0.05) is 13.1 Å². The number of nitrogens with zero attached hydrogens (tertiary/aromatic N) is 1. The van der Waals surface area contributed by atoms with Crippen molar-refractivity contribution in [2.45, 2.75) is 38.9 Å². The van der Waals surface area contributed by atoms with Gasteiger partial charge in [-0.15, -0.1) is 0 Å². The van der Waals surface area contributed by atoms with E-state index >= 15 is 0 Å². The summed E-state index contributed by atoms with van der Waals surface area (Å²) < 4.78 is 10.9. The Morgan fingerprint density at radius 3 is 2.69 bits per heavy atom. The number of hydrogen-bond acceptors (Lipinski definition) is 4. The number of ether oxygens (including phenoxy) is 2. The van der Waals surface area contributed by atoms with Gasteiger partial charge in [-0.25, -0.2) is 4.79 Å². The lowest BCUT2D eigenvalue weighted by Crippen LogP contribution is -2.56. The number of carbonyl (C=O) groups excluding carboxylic acids is 1. The Bertz CT molecular complexity index is 262. The second kappa shape index (κ2) is 4.59. The van der Waals surface area contributed by atoms with E-state index in [-0.39, 0.29) is 6.09 Å². The van der Waals surface area contributed by atoms with Crippen LogP contribution in [0.15, 0.2) is 0 Å². The van der Waals surface area contributed by atoms with Crippen molar-refractivity contribution in [3.05, 3.63) is 0 Å². The van der Waals surface area contributed by atoms with Crippen LogP contribution in [0.2, 0.25) is 0 Å². The Hall–Kier alpha value is -0.810. The van der Waals surface area contributed by atoms with Gasteiger partial charge in [0.05, 0.1) is 18.8 Å². The summed E-state index contributed by atoms with van der Waals surface area (Å²) in [6, 6.07) is 0. The summed E-state index contributed by atoms with van der Waals surface area (Å²) in [7, 11) is 0. The molecule has 1 atom stereocenters. The molecular formula is C11H22N2O3. The largest absolute Gasteiger partial charge is 0.444 e. The molecule has 1 rings (SSSR count). The maximum atomic E-state index is 11.8. The summed E-state index contributed by atoms with van der Waals surface area (Å²) in [5.74, 6) is 0. The van der Waals surface area contributed by atoms with Gasteiger partial charge in [0.2, 0.25) is 0 Å². The number of amides is 1. The molecule has 0 aromatic carbocycles. The van der Waals surface area contributed by atoms with Gasteiger partial charge in [-0.3, -0.25) is 0 Å². The lowest BCUT2D eigenvalue weighted by molar-refractivity contribution is -0.0925. The number of carbonyl (C=O) groups is 1. The van der Waals surface area contributed by atoms with Crippen LogP contribution < -0.4 is 5.73 Å². The second-order valence-electron chi connectivity index (χ2n) is 5.40. The average Bonchev–Trinajstić information content (AvgIpc) is 2.15. The van der Waals surface area contributed by atoms with Crippen molar-refractivity contribution in [3.8, 4) is 0 Å². The molecule has 1 unspecified atom stereocenters. The highest BCUT2D eigenvalue weighted by Crippen LogP contribution is 2.18. The smallest absolute Gasteiger partial charge is 0.410 e. The molecule has 5 heteroatoms. The molecule has 1 aliphatic rings. The van der Waals surface area contributed by atoms with Crippen LogP contribution in [0.4, 0.5) is 4.79 Å². The van der Waals surface area contributed by atoms with Crippen molar-refractivity contribution in [1.29, 1.82) is 0 Å². The van der Waals surface area contributed by atoms with Crippen LogP contribution in [-0.4, -0.2) is 48.4 Å². The summed E-state index contributed by atoms with van der Waals surface area (Å²) >= 11 is 0. The summed E-state index contributed by atoms with van der Waals surface area (Å²) in [5.41, 5.74) is 4.71. The molecule has 1 heterocycles. The van der Waals surface area contributed by atoms with Crippen molar-refractivity contribution in [3.63, 3.8) is 0 Å². The lowest BCUT2D eigenvalue weighted by Gasteiger charge is -2.40. The van der Waals surface area contributed by atoms with Crippen LogP contribution in [0.3, 0.4) is 0 Å². The van der Waals surface area contributed by atoms with Gasteiger partial charge in [0.25, 0.3) is 0 Å². The molecule has 94 valence electrons. The van der Waals surface area contributed by atoms with E-state index < -0.39 is 11.2 Å². The quantitative estimate of drug-likeness (QED) is 0.729. The first-order chi connectivity index (χ1) is 7.26. The number of rotatable bonds is 1. The summed E-state index contributed by atoms with van der Waals surface area (Å²) in [5, 5.41) is 0. The monoisotopic (exact) mass is 230 g/mol. The van der Waals surface area contributed by atoms with Crippen LogP contribution in [0.5, 0.6) is 0 Å². The minimum absolute atomic E-state index is 0.296. The Balaban J connectivity index is 2.57. The second-order valence-corrected chi connectivity index (χ2v) is 5.40. The Morgan fingerprint density at radius 1 is 1.56 bits per heavy atom. The van der Waals surface area contributed by atoms with E-state index in [2.05, 4.69) is 0 Å². The fraction of sp³-hybridized carbons (Fsp3) is 0.909. The van der Waals surface area contributed by atoms with Gasteiger partial charge < -0.3 is 20.1 Å². The minimum atomic E-state index is -0.464. The van der Waals surface area contributed by atoms with E-state index in [9.17, 15) is 4.79 Å². The number of morpholine rings is 1. The topological polar surface area (TPSA) is 64.8 Å². The summed E-state index contributed by atoms with van der Waals surface area (Å²) in [6.07, 6.45) is -0.296. The van der Waals surface area contributed by atoms with Crippen LogP contribution in [0, 0.1) is 0 Å². The summed E-state index contributed by atoms with van der Waals surface area (Å²) in [6.45, 7) is 9.42. The van der Waals surface area contributed by atoms with Crippen LogP contribution >= 0.6 is 0 Å². The zero-order chi connectivity index (χ0) is 12.4. The molecule has 0 radical (unpaired) electrons. The third-order valence-corrected chi connectivity index (χ3v) is 2.42. The first kappa shape index (κ1) is 13.3. The molecule has 2 N–H and O–H groups in total. The SMILES string of the molecule is CC(C)(C)OC(=O)N1CCOC(C)(CN)C1. The van der Waals surface area contributed by atoms with Crippen molar-refractivity contribution in [2.75, 3.05) is 26.2 Å². The van der Waals surface area contributed by atoms with Crippen molar-refractivity contribution in [2.24, 2.45) is 5.73 Å². The Kier molecular flexibility index (Phi) is 3.80. The van der Waals surface area contributed by atoms with Crippen LogP contribution in [0.1, 0.15) is 27.7 Å². The zero-order valence-corrected chi connectivity index (χ0v) is 10.6. The number of nitrogens with two attached hydrogens (primary N) is 1. The predicted molar refractivity (Wildman–Crippen MR) is 61.2 cm³/mol. The van der Waals surface area contributed by atoms with Crippen molar-refractivity contribution in [1.82, 2.24) is 4.90 Å². The molecule has 5 nitrogen and oxygen atoms in total. The molecule has 1 amide bonds. The average molecular weight is 230 g/mol. The van der Waals surface area contributed by atoms with Crippen molar-refractivity contribution < 1.29 is 14.3 Å². The highest BCUT2D eigenvalue weighted by atomic mass is 16.6. The molecule has 0 spiro atoms. The molecule has 1 fully saturated rings. The van der Waals surface area contributed by atoms with E-state index in [0.29, 0.717) is 26.2 Å². The molecular weight excluding hydrogens is 208 g/mol. The van der Waals surface area contributed by atoms with Gasteiger partial charge in [-0.05, 0) is 27.7 Å². The van der Waals surface area contributed by atoms with E-state index in [1.165, 1.54) is 0 Å². The number of hydrogen-bond donors (Lipinski definition) is 1. The van der Waals surface area contributed by atoms with Gasteiger partial charge in [0.15, 0.2) is 0 Å². The summed E-state index contributed by atoms with van der Waals surface area (Å²) in [4.78, 5) is 13.5. The first-order valence-electron chi connectivity index (χ1n) is 5.58. The first-order valence-corrected chi connectivity index (χ1v) is 5.58. The van der Waals surface area contributed by atoms with Gasteiger partial charge in [-0.1, -0.05) is 0 Å². The van der Waals surface area contributed by atoms with E-state index in [4.69, 9.17) is 15.2 Å². The fourth-order valence-corrected chi connectivity index (χ4v) is 1.54. The third kappa shape index (κ3) is 3.64. The maximum absolute atomic E-state index is 11.8. The minimum Gasteiger partial charge on any atom is -0.444 e. The van der Waals surface area contributed by atoms with E-state index in [0.717, 1.165) is 0 Å². The molecule has 16 heavy (non-hydrogen) atoms. The Labute approximate surface area is 96.9 Å². The molecule has 0 bridgehead atoms. The maximum Gasteiger partial charge on any atom is 0.410 e. The van der Waals surface area contributed by atoms with Gasteiger partial charge >= 0.3 is 6.09 Å². The highest BCUT2D eigenvalue weighted by molar-refractivity contribution is 5.68. The Morgan fingerprint density at radius 2 is 2.19 bits per heavy atom.